The first kappa shape index (κ1) is 21.7. The Kier molecular flexibility index (Phi) is 4.69. The second kappa shape index (κ2) is 7.57. The molecule has 1 aromatic carbocycles. The van der Waals surface area contributed by atoms with Crippen molar-refractivity contribution < 1.29 is 18.3 Å². The number of amides is 1. The van der Waals surface area contributed by atoms with Crippen molar-refractivity contribution in [3.8, 4) is 0 Å². The lowest BCUT2D eigenvalue weighted by Gasteiger charge is -2.40. The Morgan fingerprint density at radius 2 is 2.00 bits per heavy atom. The van der Waals surface area contributed by atoms with Crippen LogP contribution in [0.3, 0.4) is 0 Å². The van der Waals surface area contributed by atoms with Crippen LogP contribution in [0.5, 0.6) is 0 Å². The van der Waals surface area contributed by atoms with Gasteiger partial charge in [0.15, 0.2) is 0 Å². The SMILES string of the molecule is CN(C(=O)c1ccc2nc(N)c3cnn(C)c3c2c1)C1COCc2nc(N3CC(F)(F)C3)ccc21. The van der Waals surface area contributed by atoms with Gasteiger partial charge in [-0.25, -0.2) is 18.7 Å². The van der Waals surface area contributed by atoms with Gasteiger partial charge in [0.25, 0.3) is 11.8 Å². The van der Waals surface area contributed by atoms with Crippen molar-refractivity contribution in [1.82, 2.24) is 24.6 Å². The molecule has 0 bridgehead atoms. The predicted molar refractivity (Wildman–Crippen MR) is 126 cm³/mol. The van der Waals surface area contributed by atoms with Crippen LogP contribution in [0.25, 0.3) is 21.8 Å². The molecule has 6 rings (SSSR count). The van der Waals surface area contributed by atoms with E-state index in [-0.39, 0.29) is 31.6 Å². The molecule has 180 valence electrons. The summed E-state index contributed by atoms with van der Waals surface area (Å²) in [5.74, 6) is -1.98. The van der Waals surface area contributed by atoms with Crippen LogP contribution in [0.15, 0.2) is 36.5 Å². The van der Waals surface area contributed by atoms with Crippen molar-refractivity contribution in [3.63, 3.8) is 0 Å². The molecule has 0 saturated carbocycles. The van der Waals surface area contributed by atoms with Gasteiger partial charge in [0.1, 0.15) is 11.6 Å². The summed E-state index contributed by atoms with van der Waals surface area (Å²) in [6.45, 7) is -0.0924. The van der Waals surface area contributed by atoms with Crippen LogP contribution in [-0.2, 0) is 18.4 Å². The lowest BCUT2D eigenvalue weighted by atomic mass is 10.0. The minimum absolute atomic E-state index is 0.188. The van der Waals surface area contributed by atoms with Gasteiger partial charge < -0.3 is 20.3 Å². The highest BCUT2D eigenvalue weighted by Gasteiger charge is 2.44. The maximum absolute atomic E-state index is 13.5. The number of nitrogen functional groups attached to an aromatic ring is 1. The molecule has 1 amide bonds. The third-order valence-electron chi connectivity index (χ3n) is 6.78. The van der Waals surface area contributed by atoms with E-state index in [0.29, 0.717) is 35.0 Å². The van der Waals surface area contributed by atoms with Gasteiger partial charge in [-0.2, -0.15) is 5.10 Å². The number of hydrogen-bond donors (Lipinski definition) is 1. The van der Waals surface area contributed by atoms with Gasteiger partial charge in [-0.15, -0.1) is 0 Å². The molecule has 1 saturated heterocycles. The number of aryl methyl sites for hydroxylation is 1. The van der Waals surface area contributed by atoms with E-state index in [4.69, 9.17) is 10.5 Å². The van der Waals surface area contributed by atoms with Gasteiger partial charge in [-0.1, -0.05) is 6.07 Å². The summed E-state index contributed by atoms with van der Waals surface area (Å²) in [5.41, 5.74) is 9.57. The summed E-state index contributed by atoms with van der Waals surface area (Å²) in [4.78, 5) is 25.7. The number of ether oxygens (including phenoxy) is 1. The maximum Gasteiger partial charge on any atom is 0.282 e. The van der Waals surface area contributed by atoms with Crippen LogP contribution in [0.2, 0.25) is 0 Å². The molecule has 0 aliphatic carbocycles. The first-order valence-electron chi connectivity index (χ1n) is 11.2. The van der Waals surface area contributed by atoms with E-state index in [2.05, 4.69) is 15.1 Å². The lowest BCUT2D eigenvalue weighted by Crippen LogP contribution is -2.56. The zero-order valence-electron chi connectivity index (χ0n) is 19.2. The Labute approximate surface area is 199 Å². The van der Waals surface area contributed by atoms with Crippen LogP contribution in [-0.4, -0.2) is 63.2 Å². The number of alkyl halides is 2. The number of benzene rings is 1. The molecule has 4 aromatic rings. The second-order valence-corrected chi connectivity index (χ2v) is 9.12. The minimum atomic E-state index is -2.68. The Morgan fingerprint density at radius 1 is 1.20 bits per heavy atom. The Morgan fingerprint density at radius 3 is 2.77 bits per heavy atom. The minimum Gasteiger partial charge on any atom is -0.383 e. The Hall–Kier alpha value is -3.86. The number of carbonyl (C=O) groups excluding carboxylic acids is 1. The number of anilines is 2. The third-order valence-corrected chi connectivity index (χ3v) is 6.78. The molecule has 1 fully saturated rings. The number of nitrogens with two attached hydrogens (primary N) is 1. The van der Waals surface area contributed by atoms with E-state index in [1.165, 1.54) is 4.90 Å². The van der Waals surface area contributed by atoms with Crippen molar-refractivity contribution in [1.29, 1.82) is 0 Å². The summed E-state index contributed by atoms with van der Waals surface area (Å²) < 4.78 is 34.0. The van der Waals surface area contributed by atoms with Crippen molar-refractivity contribution in [2.75, 3.05) is 37.4 Å². The second-order valence-electron chi connectivity index (χ2n) is 9.12. The summed E-state index contributed by atoms with van der Waals surface area (Å²) in [7, 11) is 3.54. The molecule has 2 aliphatic rings. The van der Waals surface area contributed by atoms with Gasteiger partial charge >= 0.3 is 0 Å². The normalized spacial score (nSPS) is 19.0. The molecule has 5 heterocycles. The largest absolute Gasteiger partial charge is 0.383 e. The molecule has 3 aromatic heterocycles. The monoisotopic (exact) mass is 479 g/mol. The average molecular weight is 479 g/mol. The van der Waals surface area contributed by atoms with E-state index >= 15 is 0 Å². The van der Waals surface area contributed by atoms with E-state index in [0.717, 1.165) is 21.9 Å². The number of nitrogens with zero attached hydrogens (tertiary/aromatic N) is 6. The topological polar surface area (TPSA) is 102 Å². The van der Waals surface area contributed by atoms with E-state index in [9.17, 15) is 13.6 Å². The summed E-state index contributed by atoms with van der Waals surface area (Å²) >= 11 is 0. The van der Waals surface area contributed by atoms with Gasteiger partial charge in [-0.05, 0) is 24.3 Å². The molecule has 2 N–H and O–H groups in total. The third kappa shape index (κ3) is 3.45. The Balaban J connectivity index is 1.32. The number of carbonyl (C=O) groups is 1. The number of pyridine rings is 2. The number of aromatic nitrogens is 4. The van der Waals surface area contributed by atoms with E-state index in [1.54, 1.807) is 47.1 Å². The quantitative estimate of drug-likeness (QED) is 0.482. The fourth-order valence-electron chi connectivity index (χ4n) is 4.88. The number of fused-ring (bicyclic) bond motifs is 4. The summed E-state index contributed by atoms with van der Waals surface area (Å²) in [6, 6.07) is 8.54. The van der Waals surface area contributed by atoms with E-state index in [1.807, 2.05) is 13.1 Å². The number of rotatable bonds is 3. The highest BCUT2D eigenvalue weighted by Crippen LogP contribution is 2.35. The molecule has 1 atom stereocenters. The highest BCUT2D eigenvalue weighted by atomic mass is 19.3. The van der Waals surface area contributed by atoms with Crippen LogP contribution in [0.1, 0.15) is 27.7 Å². The molecule has 0 radical (unpaired) electrons. The number of likely N-dealkylation sites (N-methyl/N-ethyl adjacent to an activating group) is 1. The van der Waals surface area contributed by atoms with Crippen LogP contribution in [0, 0.1) is 0 Å². The Bertz CT molecular complexity index is 1490. The standard InChI is InChI=1S/C24H23F2N7O2/c1-31(19-10-35-9-18-14(19)4-6-20(29-18)33-11-24(25,26)12-33)23(34)13-3-5-17-15(7-13)21-16(22(27)30-17)8-28-32(21)2/h3-8,19H,9-12H2,1-2H3,(H2,27,30). The molecule has 9 nitrogen and oxygen atoms in total. The molecule has 0 spiro atoms. The molecule has 35 heavy (non-hydrogen) atoms. The van der Waals surface area contributed by atoms with Crippen molar-refractivity contribution in [2.24, 2.45) is 7.05 Å². The average Bonchev–Trinajstić information content (AvgIpc) is 3.23. The fourth-order valence-corrected chi connectivity index (χ4v) is 4.88. The zero-order chi connectivity index (χ0) is 24.5. The zero-order valence-corrected chi connectivity index (χ0v) is 19.2. The van der Waals surface area contributed by atoms with Crippen LogP contribution in [0.4, 0.5) is 20.4 Å². The first-order valence-corrected chi connectivity index (χ1v) is 11.2. The van der Waals surface area contributed by atoms with Crippen LogP contribution >= 0.6 is 0 Å². The molecular weight excluding hydrogens is 456 g/mol. The molecule has 1 unspecified atom stereocenters. The van der Waals surface area contributed by atoms with Crippen molar-refractivity contribution >= 4 is 39.3 Å². The smallest absolute Gasteiger partial charge is 0.282 e. The molecule has 11 heteroatoms. The van der Waals surface area contributed by atoms with E-state index < -0.39 is 5.92 Å². The first-order chi connectivity index (χ1) is 16.7. The number of halogens is 2. The molecular formula is C24H23F2N7O2. The van der Waals surface area contributed by atoms with Crippen molar-refractivity contribution in [2.45, 2.75) is 18.6 Å². The predicted octanol–water partition coefficient (Wildman–Crippen LogP) is 2.90. The summed E-state index contributed by atoms with van der Waals surface area (Å²) in [5, 5.41) is 5.80. The fraction of sp³-hybridized carbons (Fsp3) is 0.333. The van der Waals surface area contributed by atoms with Crippen molar-refractivity contribution in [3.05, 3.63) is 53.3 Å². The lowest BCUT2D eigenvalue weighted by molar-refractivity contribution is -0.0268. The number of hydrogen-bond acceptors (Lipinski definition) is 7. The van der Waals surface area contributed by atoms with Gasteiger partial charge in [-0.3, -0.25) is 9.48 Å². The van der Waals surface area contributed by atoms with Gasteiger partial charge in [0.2, 0.25) is 0 Å². The van der Waals surface area contributed by atoms with Crippen LogP contribution < -0.4 is 10.6 Å². The van der Waals surface area contributed by atoms with Gasteiger partial charge in [0.05, 0.1) is 60.7 Å². The molecule has 2 aliphatic heterocycles. The maximum atomic E-state index is 13.5. The summed E-state index contributed by atoms with van der Waals surface area (Å²) in [6.07, 6.45) is 1.66. The highest BCUT2D eigenvalue weighted by molar-refractivity contribution is 6.10. The van der Waals surface area contributed by atoms with Gasteiger partial charge in [0, 0.05) is 30.6 Å².